The third kappa shape index (κ3) is 2.66. The molecule has 1 saturated heterocycles. The molecule has 0 spiro atoms. The van der Waals surface area contributed by atoms with Gasteiger partial charge in [0, 0.05) is 13.1 Å². The van der Waals surface area contributed by atoms with Crippen LogP contribution in [0.15, 0.2) is 18.2 Å². The van der Waals surface area contributed by atoms with Crippen LogP contribution in [-0.4, -0.2) is 18.1 Å². The second kappa shape index (κ2) is 6.19. The van der Waals surface area contributed by atoms with Crippen LogP contribution in [-0.2, 0) is 0 Å². The molecule has 0 N–H and O–H groups in total. The topological polar surface area (TPSA) is 16.1 Å². The van der Waals surface area contributed by atoms with Crippen molar-refractivity contribution < 1.29 is 0 Å². The van der Waals surface area contributed by atoms with E-state index >= 15 is 0 Å². The van der Waals surface area contributed by atoms with Crippen LogP contribution >= 0.6 is 11.3 Å². The van der Waals surface area contributed by atoms with Crippen LogP contribution in [0, 0.1) is 6.92 Å². The lowest BCUT2D eigenvalue weighted by atomic mass is 10.1. The SMILES string of the molecule is CC.Cc1cccc2nc(N3CCCCC3)sc12. The van der Waals surface area contributed by atoms with Gasteiger partial charge in [0.05, 0.1) is 10.2 Å². The van der Waals surface area contributed by atoms with Gasteiger partial charge in [-0.1, -0.05) is 37.3 Å². The van der Waals surface area contributed by atoms with Crippen molar-refractivity contribution >= 4 is 26.7 Å². The summed E-state index contributed by atoms with van der Waals surface area (Å²) < 4.78 is 1.35. The zero-order valence-electron chi connectivity index (χ0n) is 11.6. The predicted molar refractivity (Wildman–Crippen MR) is 81.8 cm³/mol. The average molecular weight is 262 g/mol. The van der Waals surface area contributed by atoms with Crippen LogP contribution in [0.1, 0.15) is 38.7 Å². The fourth-order valence-corrected chi connectivity index (χ4v) is 3.38. The molecule has 1 aliphatic heterocycles. The molecule has 2 nitrogen and oxygen atoms in total. The van der Waals surface area contributed by atoms with Crippen molar-refractivity contribution in [2.45, 2.75) is 40.0 Å². The molecule has 1 aliphatic rings. The Kier molecular flexibility index (Phi) is 4.59. The van der Waals surface area contributed by atoms with E-state index in [1.165, 1.54) is 47.7 Å². The first kappa shape index (κ1) is 13.3. The van der Waals surface area contributed by atoms with E-state index in [2.05, 4.69) is 30.0 Å². The number of thiazole rings is 1. The van der Waals surface area contributed by atoms with Gasteiger partial charge in [0.25, 0.3) is 0 Å². The van der Waals surface area contributed by atoms with Crippen molar-refractivity contribution in [3.63, 3.8) is 0 Å². The summed E-state index contributed by atoms with van der Waals surface area (Å²) in [5, 5.41) is 1.21. The van der Waals surface area contributed by atoms with E-state index in [0.29, 0.717) is 0 Å². The van der Waals surface area contributed by atoms with E-state index in [4.69, 9.17) is 4.98 Å². The Hall–Kier alpha value is -1.09. The van der Waals surface area contributed by atoms with Crippen LogP contribution in [0.25, 0.3) is 10.2 Å². The molecule has 0 aliphatic carbocycles. The lowest BCUT2D eigenvalue weighted by Crippen LogP contribution is -2.29. The first-order chi connectivity index (χ1) is 8.84. The Morgan fingerprint density at radius 1 is 1.11 bits per heavy atom. The van der Waals surface area contributed by atoms with E-state index in [1.54, 1.807) is 0 Å². The molecule has 1 aromatic heterocycles. The monoisotopic (exact) mass is 262 g/mol. The molecule has 18 heavy (non-hydrogen) atoms. The minimum Gasteiger partial charge on any atom is -0.348 e. The zero-order valence-corrected chi connectivity index (χ0v) is 12.4. The van der Waals surface area contributed by atoms with Crippen molar-refractivity contribution in [3.05, 3.63) is 23.8 Å². The standard InChI is InChI=1S/C13H16N2S.C2H6/c1-10-6-5-7-11-12(10)16-13(14-11)15-8-3-2-4-9-15;1-2/h5-7H,2-4,8-9H2,1H3;1-2H3. The number of hydrogen-bond acceptors (Lipinski definition) is 3. The Morgan fingerprint density at radius 2 is 1.83 bits per heavy atom. The molecule has 1 fully saturated rings. The molecule has 98 valence electrons. The van der Waals surface area contributed by atoms with Gasteiger partial charge in [-0.3, -0.25) is 0 Å². The van der Waals surface area contributed by atoms with Crippen molar-refractivity contribution in [1.29, 1.82) is 0 Å². The number of rotatable bonds is 1. The molecule has 2 aromatic rings. The zero-order chi connectivity index (χ0) is 13.0. The second-order valence-electron chi connectivity index (χ2n) is 4.47. The summed E-state index contributed by atoms with van der Waals surface area (Å²) in [7, 11) is 0. The maximum atomic E-state index is 4.74. The molecule has 1 aromatic carbocycles. The summed E-state index contributed by atoms with van der Waals surface area (Å²) in [6.07, 6.45) is 4.00. The lowest BCUT2D eigenvalue weighted by Gasteiger charge is -2.25. The van der Waals surface area contributed by atoms with Crippen molar-refractivity contribution in [1.82, 2.24) is 4.98 Å². The van der Waals surface area contributed by atoms with Gasteiger partial charge in [-0.25, -0.2) is 4.98 Å². The van der Waals surface area contributed by atoms with E-state index in [9.17, 15) is 0 Å². The molecule has 0 bridgehead atoms. The molecule has 3 heteroatoms. The summed E-state index contributed by atoms with van der Waals surface area (Å²) in [4.78, 5) is 7.18. The van der Waals surface area contributed by atoms with E-state index in [0.717, 1.165) is 5.52 Å². The van der Waals surface area contributed by atoms with Crippen LogP contribution in [0.3, 0.4) is 0 Å². The van der Waals surface area contributed by atoms with Crippen LogP contribution in [0.2, 0.25) is 0 Å². The molecule has 0 unspecified atom stereocenters. The van der Waals surface area contributed by atoms with E-state index < -0.39 is 0 Å². The number of fused-ring (bicyclic) bond motifs is 1. The quantitative estimate of drug-likeness (QED) is 0.745. The largest absolute Gasteiger partial charge is 0.348 e. The maximum Gasteiger partial charge on any atom is 0.186 e. The van der Waals surface area contributed by atoms with Crippen molar-refractivity contribution in [2.24, 2.45) is 0 Å². The number of nitrogens with zero attached hydrogens (tertiary/aromatic N) is 2. The fourth-order valence-electron chi connectivity index (χ4n) is 2.30. The van der Waals surface area contributed by atoms with Crippen LogP contribution < -0.4 is 4.90 Å². The van der Waals surface area contributed by atoms with Gasteiger partial charge in [0.1, 0.15) is 0 Å². The van der Waals surface area contributed by atoms with Gasteiger partial charge in [0.15, 0.2) is 5.13 Å². The number of aromatic nitrogens is 1. The molecular weight excluding hydrogens is 240 g/mol. The van der Waals surface area contributed by atoms with Crippen molar-refractivity contribution in [2.75, 3.05) is 18.0 Å². The first-order valence-corrected chi connectivity index (χ1v) is 7.77. The van der Waals surface area contributed by atoms with Crippen molar-refractivity contribution in [3.8, 4) is 0 Å². The van der Waals surface area contributed by atoms with Gasteiger partial charge in [-0.15, -0.1) is 0 Å². The summed E-state index contributed by atoms with van der Waals surface area (Å²) in [6, 6.07) is 6.38. The lowest BCUT2D eigenvalue weighted by molar-refractivity contribution is 0.577. The third-order valence-corrected chi connectivity index (χ3v) is 4.49. The molecule has 0 radical (unpaired) electrons. The molecule has 0 atom stereocenters. The van der Waals surface area contributed by atoms with E-state index in [-0.39, 0.29) is 0 Å². The summed E-state index contributed by atoms with van der Waals surface area (Å²) >= 11 is 1.85. The molecular formula is C15H22N2S. The summed E-state index contributed by atoms with van der Waals surface area (Å²) in [6.45, 7) is 8.53. The average Bonchev–Trinajstić information content (AvgIpc) is 2.88. The van der Waals surface area contributed by atoms with Gasteiger partial charge in [-0.2, -0.15) is 0 Å². The first-order valence-electron chi connectivity index (χ1n) is 6.96. The minimum atomic E-state index is 1.16. The Balaban J connectivity index is 0.000000574. The Labute approximate surface area is 114 Å². The van der Waals surface area contributed by atoms with E-state index in [1.807, 2.05) is 25.2 Å². The molecule has 0 saturated carbocycles. The summed E-state index contributed by atoms with van der Waals surface area (Å²) in [5.74, 6) is 0. The minimum absolute atomic E-state index is 1.16. The Bertz CT molecular complexity index is 498. The second-order valence-corrected chi connectivity index (χ2v) is 5.44. The highest BCUT2D eigenvalue weighted by molar-refractivity contribution is 7.22. The Morgan fingerprint density at radius 3 is 2.50 bits per heavy atom. The predicted octanol–water partition coefficient (Wildman–Crippen LogP) is 4.62. The van der Waals surface area contributed by atoms with Crippen LogP contribution in [0.4, 0.5) is 5.13 Å². The van der Waals surface area contributed by atoms with Crippen LogP contribution in [0.5, 0.6) is 0 Å². The molecule has 0 amide bonds. The smallest absolute Gasteiger partial charge is 0.186 e. The molecule has 2 heterocycles. The van der Waals surface area contributed by atoms with Gasteiger partial charge >= 0.3 is 0 Å². The van der Waals surface area contributed by atoms with Gasteiger partial charge in [-0.05, 0) is 37.8 Å². The number of piperidine rings is 1. The van der Waals surface area contributed by atoms with Gasteiger partial charge < -0.3 is 4.90 Å². The number of hydrogen-bond donors (Lipinski definition) is 0. The van der Waals surface area contributed by atoms with Gasteiger partial charge in [0.2, 0.25) is 0 Å². The normalized spacial score (nSPS) is 15.4. The number of benzene rings is 1. The summed E-state index contributed by atoms with van der Waals surface area (Å²) in [5.41, 5.74) is 2.50. The third-order valence-electron chi connectivity index (χ3n) is 3.23. The fraction of sp³-hybridized carbons (Fsp3) is 0.533. The highest BCUT2D eigenvalue weighted by Crippen LogP contribution is 2.32. The number of aryl methyl sites for hydroxylation is 1. The number of anilines is 1. The highest BCUT2D eigenvalue weighted by Gasteiger charge is 2.15. The molecule has 3 rings (SSSR count). The maximum absolute atomic E-state index is 4.74. The highest BCUT2D eigenvalue weighted by atomic mass is 32.1.